The van der Waals surface area contributed by atoms with Crippen LogP contribution in [0, 0.1) is 17.6 Å². The van der Waals surface area contributed by atoms with Gasteiger partial charge in [0.1, 0.15) is 6.04 Å². The second kappa shape index (κ2) is 12.2. The molecule has 9 nitrogen and oxygen atoms in total. The Bertz CT molecular complexity index is 1340. The van der Waals surface area contributed by atoms with Crippen LogP contribution in [0.2, 0.25) is 5.02 Å². The Morgan fingerprint density at radius 2 is 2.03 bits per heavy atom. The number of aromatic nitrogens is 1. The third-order valence-electron chi connectivity index (χ3n) is 6.53. The lowest BCUT2D eigenvalue weighted by atomic mass is 9.80. The highest BCUT2D eigenvalue weighted by Crippen LogP contribution is 2.41. The van der Waals surface area contributed by atoms with Gasteiger partial charge in [-0.1, -0.05) is 17.7 Å². The minimum Gasteiger partial charge on any atom is -0.466 e. The topological polar surface area (TPSA) is 130 Å². The van der Waals surface area contributed by atoms with E-state index in [-0.39, 0.29) is 41.9 Å². The molecule has 1 aliphatic heterocycles. The number of amidine groups is 1. The molecular formula is C24H27ClF2N4O5S2. The molecular weight excluding hydrogens is 562 g/mol. The van der Waals surface area contributed by atoms with Crippen LogP contribution in [0.1, 0.15) is 48.7 Å². The maximum Gasteiger partial charge on any atom is 0.338 e. The maximum atomic E-state index is 14.5. The second-order valence-corrected chi connectivity index (χ2v) is 12.1. The van der Waals surface area contributed by atoms with Gasteiger partial charge in [-0.15, -0.1) is 11.3 Å². The van der Waals surface area contributed by atoms with E-state index in [4.69, 9.17) is 21.4 Å². The van der Waals surface area contributed by atoms with Gasteiger partial charge in [-0.25, -0.2) is 31.7 Å². The van der Waals surface area contributed by atoms with Crippen molar-refractivity contribution < 1.29 is 31.8 Å². The van der Waals surface area contributed by atoms with Crippen molar-refractivity contribution in [1.82, 2.24) is 15.0 Å². The zero-order valence-electron chi connectivity index (χ0n) is 20.4. The summed E-state index contributed by atoms with van der Waals surface area (Å²) in [4.78, 5) is 22.0. The number of thiazole rings is 1. The monoisotopic (exact) mass is 588 g/mol. The first-order valence-electron chi connectivity index (χ1n) is 12.0. The Morgan fingerprint density at radius 3 is 2.66 bits per heavy atom. The lowest BCUT2D eigenvalue weighted by molar-refractivity contribution is -0.136. The van der Waals surface area contributed by atoms with Crippen LogP contribution in [0.15, 0.2) is 40.0 Å². The number of carbonyl (C=O) groups excluding carboxylic acids is 1. The zero-order valence-corrected chi connectivity index (χ0v) is 22.8. The van der Waals surface area contributed by atoms with Crippen molar-refractivity contribution in [2.75, 3.05) is 19.5 Å². The number of aliphatic imine (C=N–C) groups is 1. The van der Waals surface area contributed by atoms with Crippen molar-refractivity contribution in [3.05, 3.63) is 62.2 Å². The lowest BCUT2D eigenvalue weighted by Crippen LogP contribution is -2.42. The van der Waals surface area contributed by atoms with Gasteiger partial charge in [0.25, 0.3) is 0 Å². The molecule has 2 aliphatic rings. The fourth-order valence-corrected chi connectivity index (χ4v) is 6.93. The number of methoxy groups -OCH3 is 1. The number of hydrogen-bond acceptors (Lipinski definition) is 9. The molecule has 14 heteroatoms. The van der Waals surface area contributed by atoms with Crippen LogP contribution in [0.4, 0.5) is 8.78 Å². The Balaban J connectivity index is 1.70. The minimum atomic E-state index is -3.53. The van der Waals surface area contributed by atoms with Gasteiger partial charge in [0.05, 0.1) is 23.5 Å². The van der Waals surface area contributed by atoms with E-state index in [0.29, 0.717) is 42.2 Å². The molecule has 0 radical (unpaired) electrons. The van der Waals surface area contributed by atoms with E-state index in [2.05, 4.69) is 20.0 Å². The molecule has 206 valence electrons. The molecule has 1 aliphatic carbocycles. The molecule has 0 amide bonds. The fourth-order valence-electron chi connectivity index (χ4n) is 4.72. The van der Waals surface area contributed by atoms with Gasteiger partial charge in [0, 0.05) is 35.5 Å². The number of ether oxygens (including phenoxy) is 1. The molecule has 38 heavy (non-hydrogen) atoms. The molecule has 0 saturated heterocycles. The number of nitrogens with one attached hydrogen (secondary N) is 2. The van der Waals surface area contributed by atoms with Crippen LogP contribution >= 0.6 is 22.9 Å². The number of hydrogen-bond donors (Lipinski definition) is 3. The van der Waals surface area contributed by atoms with Gasteiger partial charge < -0.3 is 15.2 Å². The highest BCUT2D eigenvalue weighted by atomic mass is 35.5. The van der Waals surface area contributed by atoms with Crippen molar-refractivity contribution in [2.45, 2.75) is 44.2 Å². The van der Waals surface area contributed by atoms with Crippen LogP contribution in [0.5, 0.6) is 0 Å². The second-order valence-electron chi connectivity index (χ2n) is 8.99. The minimum absolute atomic E-state index is 0.101. The average molecular weight is 589 g/mol. The number of aliphatic hydroxyl groups is 1. The van der Waals surface area contributed by atoms with E-state index in [9.17, 15) is 22.0 Å². The molecule has 0 bridgehead atoms. The normalized spacial score (nSPS) is 22.1. The molecule has 4 rings (SSSR count). The molecule has 1 fully saturated rings. The molecule has 1 aromatic heterocycles. The summed E-state index contributed by atoms with van der Waals surface area (Å²) in [6.45, 7) is -0.212. The standard InChI is InChI=1S/C24H27ClF2N4O5S2/c1-36-24(33)17-20(13-3-5-14(6-4-13)31-38(34,35)12-2-10-32)29-22(23-28-9-11-37-23)30-21(17)15-7-8-16(26)19(27)18(15)25/h7-9,11,13-14,21,31-32H,2-6,10,12H2,1H3,(H,29,30)/t13-,14-,21-/m1/s1. The number of nitrogens with zero attached hydrogens (tertiary/aromatic N) is 2. The average Bonchev–Trinajstić information content (AvgIpc) is 3.45. The molecule has 3 N–H and O–H groups in total. The fraction of sp³-hybridized carbons (Fsp3) is 0.458. The van der Waals surface area contributed by atoms with Crippen LogP contribution in [0.25, 0.3) is 0 Å². The van der Waals surface area contributed by atoms with Crippen molar-refractivity contribution in [3.8, 4) is 0 Å². The van der Waals surface area contributed by atoms with E-state index in [0.717, 1.165) is 6.07 Å². The summed E-state index contributed by atoms with van der Waals surface area (Å²) >= 11 is 7.50. The number of halogens is 3. The quantitative estimate of drug-likeness (QED) is 0.302. The molecule has 2 heterocycles. The number of esters is 1. The first kappa shape index (κ1) is 28.6. The van der Waals surface area contributed by atoms with Crippen molar-refractivity contribution >= 4 is 44.8 Å². The van der Waals surface area contributed by atoms with Gasteiger partial charge in [-0.2, -0.15) is 0 Å². The number of sulfonamides is 1. The lowest BCUT2D eigenvalue weighted by Gasteiger charge is -2.35. The van der Waals surface area contributed by atoms with Crippen LogP contribution in [-0.4, -0.2) is 55.8 Å². The predicted octanol–water partition coefficient (Wildman–Crippen LogP) is 3.45. The summed E-state index contributed by atoms with van der Waals surface area (Å²) < 4.78 is 60.6. The Labute approximate surface area is 228 Å². The molecule has 0 spiro atoms. The van der Waals surface area contributed by atoms with Gasteiger partial charge in [0.2, 0.25) is 10.0 Å². The third kappa shape index (κ3) is 6.23. The molecule has 2 aromatic rings. The summed E-state index contributed by atoms with van der Waals surface area (Å²) in [7, 11) is -2.31. The molecule has 1 aromatic carbocycles. The molecule has 1 atom stereocenters. The molecule has 1 saturated carbocycles. The highest BCUT2D eigenvalue weighted by molar-refractivity contribution is 7.89. The summed E-state index contributed by atoms with van der Waals surface area (Å²) in [5.41, 5.74) is 0.724. The largest absolute Gasteiger partial charge is 0.466 e. The van der Waals surface area contributed by atoms with Crippen LogP contribution in [-0.2, 0) is 19.6 Å². The maximum absolute atomic E-state index is 14.5. The first-order valence-corrected chi connectivity index (χ1v) is 14.9. The zero-order chi connectivity index (χ0) is 27.4. The summed E-state index contributed by atoms with van der Waals surface area (Å²) in [5.74, 6) is -3.09. The first-order chi connectivity index (χ1) is 18.1. The highest BCUT2D eigenvalue weighted by Gasteiger charge is 2.38. The van der Waals surface area contributed by atoms with Crippen molar-refractivity contribution in [2.24, 2.45) is 10.9 Å². The van der Waals surface area contributed by atoms with Gasteiger partial charge in [-0.3, -0.25) is 4.99 Å². The number of allylic oxidation sites excluding steroid dienone is 1. The summed E-state index contributed by atoms with van der Waals surface area (Å²) in [5, 5.41) is 14.0. The third-order valence-corrected chi connectivity index (χ3v) is 9.21. The Morgan fingerprint density at radius 1 is 1.29 bits per heavy atom. The van der Waals surface area contributed by atoms with Crippen molar-refractivity contribution in [3.63, 3.8) is 0 Å². The number of rotatable bonds is 9. The number of aliphatic hydroxyl groups excluding tert-OH is 1. The van der Waals surface area contributed by atoms with Gasteiger partial charge >= 0.3 is 5.97 Å². The number of benzene rings is 1. The summed E-state index contributed by atoms with van der Waals surface area (Å²) in [6, 6.07) is 0.845. The number of carbonyl (C=O) groups is 1. The smallest absolute Gasteiger partial charge is 0.338 e. The van der Waals surface area contributed by atoms with Crippen molar-refractivity contribution in [1.29, 1.82) is 0 Å². The van der Waals surface area contributed by atoms with Crippen LogP contribution in [0.3, 0.4) is 0 Å². The van der Waals surface area contributed by atoms with Gasteiger partial charge in [0.15, 0.2) is 22.5 Å². The van der Waals surface area contributed by atoms with E-state index >= 15 is 0 Å². The van der Waals surface area contributed by atoms with E-state index in [1.54, 1.807) is 11.6 Å². The van der Waals surface area contributed by atoms with Gasteiger partial charge in [-0.05, 0) is 44.1 Å². The predicted molar refractivity (Wildman–Crippen MR) is 139 cm³/mol. The van der Waals surface area contributed by atoms with E-state index < -0.39 is 38.7 Å². The Kier molecular flexibility index (Phi) is 9.14. The van der Waals surface area contributed by atoms with Crippen LogP contribution < -0.4 is 10.0 Å². The van der Waals surface area contributed by atoms with E-state index in [1.165, 1.54) is 24.5 Å². The molecule has 0 unspecified atom stereocenters. The van der Waals surface area contributed by atoms with E-state index in [1.807, 2.05) is 0 Å². The SMILES string of the molecule is COC(=O)C1=C([C@H]2CC[C@H](NS(=O)(=O)CCCO)CC2)NC(c2nccs2)=N[C@@H]1c1ccc(F)c(F)c1Cl. The Hall–Kier alpha value is -2.45. The summed E-state index contributed by atoms with van der Waals surface area (Å²) in [6.07, 6.45) is 3.80.